The minimum Gasteiger partial charge on any atom is -0.406 e. The van der Waals surface area contributed by atoms with Crippen LogP contribution >= 0.6 is 0 Å². The van der Waals surface area contributed by atoms with E-state index in [-0.39, 0.29) is 23.9 Å². The number of azo groups is 3. The third-order valence-electron chi connectivity index (χ3n) is 9.83. The van der Waals surface area contributed by atoms with Crippen molar-refractivity contribution < 1.29 is 37.3 Å². The minimum atomic E-state index is -4.74. The van der Waals surface area contributed by atoms with E-state index in [4.69, 9.17) is 16.3 Å². The van der Waals surface area contributed by atoms with Crippen LogP contribution in [-0.2, 0) is 25.8 Å². The summed E-state index contributed by atoms with van der Waals surface area (Å²) in [5.41, 5.74) is 10.9. The van der Waals surface area contributed by atoms with Crippen molar-refractivity contribution >= 4 is 40.5 Å². The smallest absolute Gasteiger partial charge is 0.406 e. The van der Waals surface area contributed by atoms with Gasteiger partial charge in [-0.15, -0.1) is 13.2 Å². The van der Waals surface area contributed by atoms with E-state index in [0.717, 1.165) is 73.8 Å². The first-order valence-corrected chi connectivity index (χ1v) is 20.9. The molecule has 67 heavy (non-hydrogen) atoms. The molecule has 12 nitrogen and oxygen atoms in total. The van der Waals surface area contributed by atoms with Gasteiger partial charge in [0.05, 0.1) is 48.8 Å². The van der Waals surface area contributed by atoms with Gasteiger partial charge in [0.25, 0.3) is 0 Å². The van der Waals surface area contributed by atoms with Crippen LogP contribution in [0.15, 0.2) is 186 Å². The highest BCUT2D eigenvalue weighted by molar-refractivity contribution is 6.10. The lowest BCUT2D eigenvalue weighted by molar-refractivity contribution is -0.280. The number of rotatable bonds is 13. The maximum absolute atomic E-state index is 12.2. The lowest BCUT2D eigenvalue weighted by atomic mass is 9.96. The standard InChI is InChI=1S/C31H28N4O2.C21H20F3N3O3/c1-20-13-26(14-21(2)30(20)36)18-32-34-28-9-5-24(6-10-28)17-25-7-11-29(12-8-25)35-33-19-27-15-22(3)31(37)23(4)16-27;1-5-28-29-13-19(25-4)20-14(2)10-16(11-15(20)3)12-26-27-17-6-8-18(9-7-17)30-21(22,23)24/h5-16,18-19H,17H2,1-4H3;6-12H,5,13H2,1-3H3. The molecule has 0 saturated heterocycles. The average molecular weight is 908 g/mol. The predicted octanol–water partition coefficient (Wildman–Crippen LogP) is 12.9. The van der Waals surface area contributed by atoms with E-state index in [0.29, 0.717) is 40.3 Å². The second-order valence-corrected chi connectivity index (χ2v) is 15.3. The molecule has 0 heterocycles. The number of carbonyl (C=O) groups excluding carboxylic acids is 2. The second kappa shape index (κ2) is 23.9. The number of allylic oxidation sites excluding steroid dienone is 10. The zero-order chi connectivity index (χ0) is 48.5. The van der Waals surface area contributed by atoms with Crippen molar-refractivity contribution in [1.29, 1.82) is 0 Å². The summed E-state index contributed by atoms with van der Waals surface area (Å²) in [7, 11) is 0. The lowest BCUT2D eigenvalue weighted by Gasteiger charge is -2.08. The zero-order valence-corrected chi connectivity index (χ0v) is 38.1. The van der Waals surface area contributed by atoms with Crippen LogP contribution in [0.4, 0.5) is 30.2 Å². The number of aryl methyl sites for hydroxylation is 2. The van der Waals surface area contributed by atoms with Gasteiger partial charge in [-0.2, -0.15) is 30.7 Å². The minimum absolute atomic E-state index is 0.0514. The van der Waals surface area contributed by atoms with Crippen LogP contribution in [0.1, 0.15) is 56.9 Å². The summed E-state index contributed by atoms with van der Waals surface area (Å²) in [4.78, 5) is 37.1. The quantitative estimate of drug-likeness (QED) is 0.0432. The van der Waals surface area contributed by atoms with Gasteiger partial charge in [0, 0.05) is 0 Å². The van der Waals surface area contributed by atoms with Gasteiger partial charge in [-0.1, -0.05) is 47.5 Å². The van der Waals surface area contributed by atoms with Crippen LogP contribution in [0, 0.1) is 20.4 Å². The third kappa shape index (κ3) is 15.7. The molecule has 2 aliphatic rings. The van der Waals surface area contributed by atoms with Crippen LogP contribution in [0.2, 0.25) is 0 Å². The maximum atomic E-state index is 12.2. The van der Waals surface area contributed by atoms with E-state index < -0.39 is 6.36 Å². The van der Waals surface area contributed by atoms with Crippen molar-refractivity contribution in [2.45, 2.75) is 61.2 Å². The Labute approximate surface area is 386 Å². The fraction of sp³-hybridized carbons (Fsp3) is 0.212. The molecule has 0 atom stereocenters. The first-order valence-electron chi connectivity index (χ1n) is 20.9. The zero-order valence-electron chi connectivity index (χ0n) is 38.1. The molecular weight excluding hydrogens is 860 g/mol. The molecule has 0 aliphatic heterocycles. The fourth-order valence-electron chi connectivity index (χ4n) is 6.78. The molecule has 0 spiro atoms. The number of hydrogen-bond acceptors (Lipinski definition) is 11. The molecule has 15 heteroatoms. The number of nitrogens with zero attached hydrogens (tertiary/aromatic N) is 7. The van der Waals surface area contributed by atoms with Gasteiger partial charge < -0.3 is 4.74 Å². The summed E-state index contributed by atoms with van der Waals surface area (Å²) in [6, 6.07) is 24.7. The fourth-order valence-corrected chi connectivity index (χ4v) is 6.78. The highest BCUT2D eigenvalue weighted by Crippen LogP contribution is 2.26. The molecule has 0 bridgehead atoms. The highest BCUT2D eigenvalue weighted by Gasteiger charge is 2.31. The summed E-state index contributed by atoms with van der Waals surface area (Å²) in [6.07, 6.45) is 8.16. The van der Waals surface area contributed by atoms with Crippen LogP contribution in [0.5, 0.6) is 5.75 Å². The Morgan fingerprint density at radius 1 is 0.612 bits per heavy atom. The Morgan fingerprint density at radius 2 is 1.01 bits per heavy atom. The molecule has 2 aliphatic carbocycles. The monoisotopic (exact) mass is 907 g/mol. The first-order chi connectivity index (χ1) is 32.0. The number of carbonyl (C=O) groups is 2. The van der Waals surface area contributed by atoms with Crippen LogP contribution < -0.4 is 15.2 Å². The van der Waals surface area contributed by atoms with E-state index >= 15 is 0 Å². The van der Waals surface area contributed by atoms with Crippen LogP contribution in [0.25, 0.3) is 16.7 Å². The van der Waals surface area contributed by atoms with Crippen molar-refractivity contribution in [2.24, 2.45) is 30.7 Å². The van der Waals surface area contributed by atoms with E-state index in [1.54, 1.807) is 47.0 Å². The molecule has 4 aromatic carbocycles. The Hall–Kier alpha value is -7.80. The number of ketones is 2. The number of hydrogen-bond donors (Lipinski definition) is 0. The molecule has 0 N–H and O–H groups in total. The van der Waals surface area contributed by atoms with Gasteiger partial charge in [0.2, 0.25) is 5.70 Å². The molecule has 0 aromatic heterocycles. The van der Waals surface area contributed by atoms with Gasteiger partial charge in [0.1, 0.15) is 12.4 Å². The Balaban J connectivity index is 0.000000257. The largest absolute Gasteiger partial charge is 0.573 e. The Kier molecular flexibility index (Phi) is 17.9. The van der Waals surface area contributed by atoms with Crippen LogP contribution in [-0.4, -0.2) is 31.1 Å². The number of halogens is 3. The van der Waals surface area contributed by atoms with E-state index in [2.05, 4.69) is 40.3 Å². The van der Waals surface area contributed by atoms with Gasteiger partial charge in [-0.05, 0) is 183 Å². The third-order valence-corrected chi connectivity index (χ3v) is 9.83. The van der Waals surface area contributed by atoms with Crippen molar-refractivity contribution in [2.75, 3.05) is 13.2 Å². The number of ether oxygens (including phenoxy) is 1. The molecule has 0 fully saturated rings. The molecule has 6 rings (SSSR count). The molecule has 0 radical (unpaired) electrons. The molecule has 0 saturated carbocycles. The van der Waals surface area contributed by atoms with Crippen molar-refractivity contribution in [3.8, 4) is 5.75 Å². The molecule has 0 amide bonds. The number of Topliss-reactive ketones (excluding diaryl/α,β-unsaturated/α-hetero) is 2. The predicted molar refractivity (Wildman–Crippen MR) is 251 cm³/mol. The Morgan fingerprint density at radius 3 is 1.40 bits per heavy atom. The van der Waals surface area contributed by atoms with Gasteiger partial charge in [0.15, 0.2) is 11.6 Å². The summed E-state index contributed by atoms with van der Waals surface area (Å²) >= 11 is 0. The SMILES string of the molecule is CC1=CC(=CN=Nc2ccc(Cc3ccc(N=NC=C4C=C(C)C(=O)C(C)=C4)cc3)cc2)C=C(C)C1=O.[C-]#[N+]C(COOCC)=c1c(C)cc(=CN=Nc2ccc(OC(F)(F)F)cc2)cc1C. The molecule has 342 valence electrons. The average Bonchev–Trinajstić information content (AvgIpc) is 3.28. The van der Waals surface area contributed by atoms with E-state index in [1.165, 1.54) is 18.3 Å². The van der Waals surface area contributed by atoms with Crippen LogP contribution in [0.3, 0.4) is 0 Å². The van der Waals surface area contributed by atoms with Crippen molar-refractivity contribution in [1.82, 2.24) is 0 Å². The lowest BCUT2D eigenvalue weighted by Crippen LogP contribution is -2.20. The van der Waals surface area contributed by atoms with Crippen molar-refractivity contribution in [3.05, 3.63) is 199 Å². The summed E-state index contributed by atoms with van der Waals surface area (Å²) in [5.74, 6) is -0.195. The summed E-state index contributed by atoms with van der Waals surface area (Å²) in [5, 5.41) is 26.3. The molecule has 0 unspecified atom stereocenters. The van der Waals surface area contributed by atoms with Gasteiger partial charge >= 0.3 is 6.36 Å². The maximum Gasteiger partial charge on any atom is 0.573 e. The normalized spacial score (nSPS) is 14.0. The number of alkyl halides is 3. The second-order valence-electron chi connectivity index (χ2n) is 15.3. The first kappa shape index (κ1) is 50.2. The van der Waals surface area contributed by atoms with Gasteiger partial charge in [-0.25, -0.2) is 14.6 Å². The highest BCUT2D eigenvalue weighted by atomic mass is 19.4. The van der Waals surface area contributed by atoms with E-state index in [9.17, 15) is 22.8 Å². The van der Waals surface area contributed by atoms with Crippen molar-refractivity contribution in [3.63, 3.8) is 0 Å². The topological polar surface area (TPSA) is 140 Å². The number of benzene rings is 4. The Bertz CT molecular complexity index is 2740. The van der Waals surface area contributed by atoms with Gasteiger partial charge in [-0.3, -0.25) is 9.59 Å². The molecule has 4 aromatic rings. The summed E-state index contributed by atoms with van der Waals surface area (Å²) < 4.78 is 40.3. The molecular formula is C52H48F3N7O5. The summed E-state index contributed by atoms with van der Waals surface area (Å²) in [6.45, 7) is 20.6. The van der Waals surface area contributed by atoms with E-state index in [1.807, 2.05) is 98.8 Å².